The predicted molar refractivity (Wildman–Crippen MR) is 55.9 cm³/mol. The summed E-state index contributed by atoms with van der Waals surface area (Å²) in [5.41, 5.74) is -0.0379. The Morgan fingerprint density at radius 1 is 1.27 bits per heavy atom. The molecule has 15 heavy (non-hydrogen) atoms. The maximum atomic E-state index is 12.8. The smallest absolute Gasteiger partial charge is 0.354 e. The van der Waals surface area contributed by atoms with Crippen LogP contribution < -0.4 is 0 Å². The fourth-order valence-corrected chi connectivity index (χ4v) is 1.23. The number of carboxylic acid groups (broad SMARTS) is 1. The Morgan fingerprint density at radius 3 is 2.67 bits per heavy atom. The van der Waals surface area contributed by atoms with Crippen molar-refractivity contribution in [2.75, 3.05) is 0 Å². The highest BCUT2D eigenvalue weighted by atomic mass is 35.5. The molecule has 0 spiro atoms. The number of hydrogen-bond acceptors (Lipinski definition) is 2. The van der Waals surface area contributed by atoms with Crippen LogP contribution in [0.5, 0.6) is 0 Å². The zero-order chi connectivity index (χ0) is 10.1. The molecule has 1 N–H and O–H groups in total. The molecular formula is C10H7ClFNO2. The number of aromatic carboxylic acids is 1. The van der Waals surface area contributed by atoms with E-state index >= 15 is 0 Å². The summed E-state index contributed by atoms with van der Waals surface area (Å²) in [6.45, 7) is 0. The first-order valence-corrected chi connectivity index (χ1v) is 3.95. The van der Waals surface area contributed by atoms with E-state index in [1.807, 2.05) is 0 Å². The molecule has 0 atom stereocenters. The van der Waals surface area contributed by atoms with Gasteiger partial charge in [-0.25, -0.2) is 14.2 Å². The number of nitrogens with zero attached hydrogens (tertiary/aromatic N) is 1. The van der Waals surface area contributed by atoms with Gasteiger partial charge in [0.2, 0.25) is 0 Å². The normalized spacial score (nSPS) is 9.67. The van der Waals surface area contributed by atoms with Gasteiger partial charge in [0, 0.05) is 11.6 Å². The van der Waals surface area contributed by atoms with E-state index < -0.39 is 5.97 Å². The molecule has 0 saturated heterocycles. The number of carboxylic acids is 1. The lowest BCUT2D eigenvalue weighted by Gasteiger charge is -1.98. The number of benzene rings is 1. The highest BCUT2D eigenvalue weighted by molar-refractivity contribution is 5.91. The third-order valence-corrected chi connectivity index (χ3v) is 1.90. The molecule has 5 heteroatoms. The molecule has 0 aliphatic carbocycles. The van der Waals surface area contributed by atoms with Gasteiger partial charge in [0.1, 0.15) is 11.5 Å². The van der Waals surface area contributed by atoms with E-state index in [9.17, 15) is 9.18 Å². The Labute approximate surface area is 91.0 Å². The lowest BCUT2D eigenvalue weighted by Crippen LogP contribution is -1.99. The van der Waals surface area contributed by atoms with E-state index in [1.165, 1.54) is 30.5 Å². The molecule has 0 aliphatic heterocycles. The molecule has 1 aromatic carbocycles. The summed E-state index contributed by atoms with van der Waals surface area (Å²) < 4.78 is 12.8. The third kappa shape index (κ3) is 2.22. The van der Waals surface area contributed by atoms with Crippen molar-refractivity contribution in [3.63, 3.8) is 0 Å². The van der Waals surface area contributed by atoms with Crippen molar-refractivity contribution in [3.8, 4) is 0 Å². The summed E-state index contributed by atoms with van der Waals surface area (Å²) in [7, 11) is 0. The summed E-state index contributed by atoms with van der Waals surface area (Å²) in [5, 5.41) is 9.92. The van der Waals surface area contributed by atoms with Gasteiger partial charge in [0.15, 0.2) is 0 Å². The van der Waals surface area contributed by atoms with E-state index in [2.05, 4.69) is 4.98 Å². The number of fused-ring (bicyclic) bond motifs is 1. The van der Waals surface area contributed by atoms with Crippen LogP contribution in [0.2, 0.25) is 0 Å². The maximum Gasteiger partial charge on any atom is 0.354 e. The van der Waals surface area contributed by atoms with Crippen LogP contribution >= 0.6 is 12.4 Å². The van der Waals surface area contributed by atoms with Crippen molar-refractivity contribution in [2.45, 2.75) is 0 Å². The van der Waals surface area contributed by atoms with Crippen LogP contribution in [-0.2, 0) is 0 Å². The fraction of sp³-hybridized carbons (Fsp3) is 0. The molecule has 0 amide bonds. The first kappa shape index (κ1) is 11.4. The van der Waals surface area contributed by atoms with Gasteiger partial charge in [-0.2, -0.15) is 0 Å². The molecule has 0 radical (unpaired) electrons. The Kier molecular flexibility index (Phi) is 3.21. The number of hydrogen-bond donors (Lipinski definition) is 1. The monoisotopic (exact) mass is 227 g/mol. The van der Waals surface area contributed by atoms with Crippen molar-refractivity contribution in [1.29, 1.82) is 0 Å². The minimum atomic E-state index is -1.09. The SMILES string of the molecule is Cl.O=C(O)c1cc2ccc(F)cc2cn1. The average Bonchev–Trinajstić information content (AvgIpc) is 2.16. The average molecular weight is 228 g/mol. The predicted octanol–water partition coefficient (Wildman–Crippen LogP) is 2.49. The summed E-state index contributed by atoms with van der Waals surface area (Å²) in [5.74, 6) is -1.45. The van der Waals surface area contributed by atoms with Gasteiger partial charge in [0.05, 0.1) is 0 Å². The second-order valence-electron chi connectivity index (χ2n) is 2.87. The van der Waals surface area contributed by atoms with Gasteiger partial charge < -0.3 is 5.11 Å². The molecule has 0 bridgehead atoms. The minimum Gasteiger partial charge on any atom is -0.477 e. The van der Waals surface area contributed by atoms with Crippen LogP contribution in [0.4, 0.5) is 4.39 Å². The van der Waals surface area contributed by atoms with Gasteiger partial charge in [-0.15, -0.1) is 12.4 Å². The zero-order valence-corrected chi connectivity index (χ0v) is 8.29. The molecule has 0 saturated carbocycles. The molecule has 0 fully saturated rings. The Morgan fingerprint density at radius 2 is 2.00 bits per heavy atom. The van der Waals surface area contributed by atoms with E-state index in [0.717, 1.165) is 0 Å². The molecule has 2 aromatic rings. The number of carbonyl (C=O) groups is 1. The lowest BCUT2D eigenvalue weighted by atomic mass is 10.1. The molecule has 1 aromatic heterocycles. The van der Waals surface area contributed by atoms with Crippen LogP contribution in [0.3, 0.4) is 0 Å². The molecule has 2 rings (SSSR count). The Balaban J connectivity index is 0.00000112. The molecule has 1 heterocycles. The summed E-state index contributed by atoms with van der Waals surface area (Å²) in [6, 6.07) is 5.54. The van der Waals surface area contributed by atoms with Gasteiger partial charge in [0.25, 0.3) is 0 Å². The van der Waals surface area contributed by atoms with Crippen LogP contribution in [0.1, 0.15) is 10.5 Å². The standard InChI is InChI=1S/C10H6FNO2.ClH/c11-8-2-1-6-4-9(10(13)14)12-5-7(6)3-8;/h1-5H,(H,13,14);1H. The van der Waals surface area contributed by atoms with Crippen molar-refractivity contribution >= 4 is 29.1 Å². The molecule has 78 valence electrons. The van der Waals surface area contributed by atoms with Crippen molar-refractivity contribution in [2.24, 2.45) is 0 Å². The van der Waals surface area contributed by atoms with Gasteiger partial charge in [-0.1, -0.05) is 6.07 Å². The van der Waals surface area contributed by atoms with E-state index in [-0.39, 0.29) is 23.9 Å². The highest BCUT2D eigenvalue weighted by Gasteiger charge is 2.05. The molecule has 0 unspecified atom stereocenters. The molecule has 0 aliphatic rings. The first-order chi connectivity index (χ1) is 6.66. The quantitative estimate of drug-likeness (QED) is 0.814. The summed E-state index contributed by atoms with van der Waals surface area (Å²) >= 11 is 0. The maximum absolute atomic E-state index is 12.8. The number of rotatable bonds is 1. The number of halogens is 2. The number of pyridine rings is 1. The zero-order valence-electron chi connectivity index (χ0n) is 7.48. The van der Waals surface area contributed by atoms with E-state index in [4.69, 9.17) is 5.11 Å². The summed E-state index contributed by atoms with van der Waals surface area (Å²) in [4.78, 5) is 14.3. The fourth-order valence-electron chi connectivity index (χ4n) is 1.23. The highest BCUT2D eigenvalue weighted by Crippen LogP contribution is 2.15. The largest absolute Gasteiger partial charge is 0.477 e. The second kappa shape index (κ2) is 4.23. The van der Waals surface area contributed by atoms with Gasteiger partial charge in [-0.05, 0) is 23.6 Å². The topological polar surface area (TPSA) is 50.2 Å². The van der Waals surface area contributed by atoms with Crippen LogP contribution in [0.15, 0.2) is 30.5 Å². The van der Waals surface area contributed by atoms with E-state index in [0.29, 0.717) is 10.8 Å². The third-order valence-electron chi connectivity index (χ3n) is 1.90. The Hall–Kier alpha value is -1.68. The lowest BCUT2D eigenvalue weighted by molar-refractivity contribution is 0.0691. The van der Waals surface area contributed by atoms with E-state index in [1.54, 1.807) is 0 Å². The van der Waals surface area contributed by atoms with Crippen molar-refractivity contribution in [3.05, 3.63) is 42.0 Å². The molecular weight excluding hydrogens is 221 g/mol. The van der Waals surface area contributed by atoms with Gasteiger partial charge >= 0.3 is 5.97 Å². The van der Waals surface area contributed by atoms with Crippen LogP contribution in [0, 0.1) is 5.82 Å². The molecule has 3 nitrogen and oxygen atoms in total. The minimum absolute atomic E-state index is 0. The number of aromatic nitrogens is 1. The van der Waals surface area contributed by atoms with Crippen LogP contribution in [0.25, 0.3) is 10.8 Å². The van der Waals surface area contributed by atoms with Crippen LogP contribution in [-0.4, -0.2) is 16.1 Å². The summed E-state index contributed by atoms with van der Waals surface area (Å²) in [6.07, 6.45) is 1.35. The van der Waals surface area contributed by atoms with Crippen molar-refractivity contribution in [1.82, 2.24) is 4.98 Å². The second-order valence-corrected chi connectivity index (χ2v) is 2.87. The first-order valence-electron chi connectivity index (χ1n) is 3.95. The van der Waals surface area contributed by atoms with Gasteiger partial charge in [-0.3, -0.25) is 0 Å². The Bertz CT molecular complexity index is 516. The van der Waals surface area contributed by atoms with Crippen molar-refractivity contribution < 1.29 is 14.3 Å².